The molecule has 9 heteroatoms. The molecule has 1 heterocycles. The van der Waals surface area contributed by atoms with Crippen molar-refractivity contribution in [1.82, 2.24) is 4.98 Å². The molecule has 1 N–H and O–H groups in total. The lowest BCUT2D eigenvalue weighted by Crippen LogP contribution is -2.05. The summed E-state index contributed by atoms with van der Waals surface area (Å²) in [6.45, 7) is 2.40. The Hall–Kier alpha value is -3.17. The number of aromatic nitrogens is 1. The Kier molecular flexibility index (Phi) is 6.29. The summed E-state index contributed by atoms with van der Waals surface area (Å²) in [5.41, 5.74) is 0.608. The molecular formula is C23H18BrFN2O4S. The number of ether oxygens (including phenoxy) is 1. The van der Waals surface area contributed by atoms with Gasteiger partial charge in [0.25, 0.3) is 0 Å². The first-order chi connectivity index (χ1) is 15.4. The summed E-state index contributed by atoms with van der Waals surface area (Å²) in [4.78, 5) is 4.19. The highest BCUT2D eigenvalue weighted by Gasteiger charge is 2.29. The highest BCUT2D eigenvalue weighted by atomic mass is 79.9. The molecule has 0 fully saturated rings. The van der Waals surface area contributed by atoms with Crippen LogP contribution in [0.2, 0.25) is 0 Å². The van der Waals surface area contributed by atoms with E-state index in [1.54, 1.807) is 42.5 Å². The summed E-state index contributed by atoms with van der Waals surface area (Å²) in [6, 6.07) is 18.9. The number of hydrogen-bond acceptors (Lipinski definition) is 6. The Balaban J connectivity index is 1.80. The number of anilines is 2. The van der Waals surface area contributed by atoms with Crippen LogP contribution in [0.25, 0.3) is 11.5 Å². The number of hydrogen-bond donors (Lipinski definition) is 1. The second-order valence-electron chi connectivity index (χ2n) is 6.67. The van der Waals surface area contributed by atoms with E-state index in [4.69, 9.17) is 9.15 Å². The average molecular weight is 517 g/mol. The van der Waals surface area contributed by atoms with Gasteiger partial charge in [0.1, 0.15) is 11.6 Å². The van der Waals surface area contributed by atoms with Crippen molar-refractivity contribution >= 4 is 37.3 Å². The van der Waals surface area contributed by atoms with Crippen LogP contribution in [-0.2, 0) is 9.84 Å². The summed E-state index contributed by atoms with van der Waals surface area (Å²) in [5, 5.41) is 2.60. The molecule has 0 aliphatic heterocycles. The van der Waals surface area contributed by atoms with Crippen molar-refractivity contribution in [3.63, 3.8) is 0 Å². The lowest BCUT2D eigenvalue weighted by Gasteiger charge is -2.08. The smallest absolute Gasteiger partial charge is 0.238 e. The molecule has 6 nitrogen and oxygen atoms in total. The number of rotatable bonds is 7. The van der Waals surface area contributed by atoms with Crippen LogP contribution >= 0.6 is 15.9 Å². The topological polar surface area (TPSA) is 81.4 Å². The summed E-state index contributed by atoms with van der Waals surface area (Å²) >= 11 is 3.29. The van der Waals surface area contributed by atoms with Gasteiger partial charge in [-0.05, 0) is 67.6 Å². The van der Waals surface area contributed by atoms with Crippen molar-refractivity contribution in [2.45, 2.75) is 16.8 Å². The van der Waals surface area contributed by atoms with Crippen LogP contribution in [0.15, 0.2) is 91.6 Å². The van der Waals surface area contributed by atoms with Crippen LogP contribution in [0, 0.1) is 5.82 Å². The van der Waals surface area contributed by atoms with Gasteiger partial charge < -0.3 is 14.5 Å². The van der Waals surface area contributed by atoms with Crippen LogP contribution in [0.3, 0.4) is 0 Å². The average Bonchev–Trinajstić information content (AvgIpc) is 3.20. The van der Waals surface area contributed by atoms with Gasteiger partial charge in [0.05, 0.1) is 17.1 Å². The van der Waals surface area contributed by atoms with E-state index in [1.807, 2.05) is 6.92 Å². The first kappa shape index (κ1) is 22.0. The van der Waals surface area contributed by atoms with Gasteiger partial charge in [0.2, 0.25) is 26.6 Å². The van der Waals surface area contributed by atoms with Gasteiger partial charge >= 0.3 is 0 Å². The molecular weight excluding hydrogens is 499 g/mol. The number of halogens is 2. The Bertz CT molecular complexity index is 1340. The third-order valence-electron chi connectivity index (χ3n) is 4.50. The van der Waals surface area contributed by atoms with Crippen LogP contribution < -0.4 is 10.1 Å². The summed E-state index contributed by atoms with van der Waals surface area (Å²) < 4.78 is 52.9. The first-order valence-corrected chi connectivity index (χ1v) is 11.9. The molecule has 0 aliphatic carbocycles. The van der Waals surface area contributed by atoms with E-state index in [2.05, 4.69) is 26.2 Å². The van der Waals surface area contributed by atoms with Gasteiger partial charge in [-0.25, -0.2) is 12.8 Å². The molecule has 164 valence electrons. The summed E-state index contributed by atoms with van der Waals surface area (Å²) in [5.74, 6) is -0.165. The minimum atomic E-state index is -4.06. The minimum Gasteiger partial charge on any atom is -0.494 e. The van der Waals surface area contributed by atoms with Gasteiger partial charge in [-0.1, -0.05) is 28.1 Å². The van der Waals surface area contributed by atoms with E-state index in [0.717, 1.165) is 4.47 Å². The van der Waals surface area contributed by atoms with Crippen molar-refractivity contribution in [3.8, 4) is 17.2 Å². The van der Waals surface area contributed by atoms with Crippen molar-refractivity contribution in [2.24, 2.45) is 0 Å². The zero-order chi connectivity index (χ0) is 22.7. The molecule has 0 aliphatic rings. The SMILES string of the molecule is CCOc1ccc(Nc2oc(-c3ccccc3F)nc2S(=O)(=O)c2ccc(Br)cc2)cc1. The van der Waals surface area contributed by atoms with E-state index < -0.39 is 15.7 Å². The second kappa shape index (κ2) is 9.13. The molecule has 0 radical (unpaired) electrons. The first-order valence-electron chi connectivity index (χ1n) is 9.64. The molecule has 0 spiro atoms. The molecule has 32 heavy (non-hydrogen) atoms. The Labute approximate surface area is 193 Å². The Morgan fingerprint density at radius 1 is 1.03 bits per heavy atom. The largest absolute Gasteiger partial charge is 0.494 e. The second-order valence-corrected chi connectivity index (χ2v) is 9.45. The van der Waals surface area contributed by atoms with Crippen molar-refractivity contribution in [1.29, 1.82) is 0 Å². The van der Waals surface area contributed by atoms with Crippen LogP contribution in [-0.4, -0.2) is 20.0 Å². The molecule has 0 unspecified atom stereocenters. The minimum absolute atomic E-state index is 0.0313. The van der Waals surface area contributed by atoms with Gasteiger partial charge in [0, 0.05) is 10.2 Å². The number of nitrogens with one attached hydrogen (secondary N) is 1. The predicted molar refractivity (Wildman–Crippen MR) is 122 cm³/mol. The normalized spacial score (nSPS) is 11.3. The van der Waals surface area contributed by atoms with E-state index >= 15 is 0 Å². The van der Waals surface area contributed by atoms with Gasteiger partial charge in [-0.2, -0.15) is 4.98 Å². The fraction of sp³-hybridized carbons (Fsp3) is 0.0870. The molecule has 1 aromatic heterocycles. The number of nitrogens with zero attached hydrogens (tertiary/aromatic N) is 1. The molecule has 0 saturated heterocycles. The van der Waals surface area contributed by atoms with Crippen molar-refractivity contribution < 1.29 is 22.0 Å². The van der Waals surface area contributed by atoms with Gasteiger partial charge in [-0.15, -0.1) is 0 Å². The maximum absolute atomic E-state index is 14.3. The standard InChI is InChI=1S/C23H18BrFN2O4S/c1-2-30-17-11-9-16(10-12-17)26-22-23(32(28,29)18-13-7-15(24)8-14-18)27-21(31-22)19-5-3-4-6-20(19)25/h3-14,26H,2H2,1H3. The highest BCUT2D eigenvalue weighted by molar-refractivity contribution is 9.10. The Morgan fingerprint density at radius 3 is 2.38 bits per heavy atom. The van der Waals surface area contributed by atoms with E-state index in [9.17, 15) is 12.8 Å². The molecule has 4 rings (SSSR count). The lowest BCUT2D eigenvalue weighted by atomic mass is 10.2. The number of benzene rings is 3. The third-order valence-corrected chi connectivity index (χ3v) is 6.71. The zero-order valence-corrected chi connectivity index (χ0v) is 19.3. The molecule has 0 amide bonds. The maximum atomic E-state index is 14.3. The Morgan fingerprint density at radius 2 is 1.72 bits per heavy atom. The fourth-order valence-corrected chi connectivity index (χ4v) is 4.50. The van der Waals surface area contributed by atoms with Gasteiger partial charge in [-0.3, -0.25) is 0 Å². The molecule has 0 saturated carbocycles. The van der Waals surface area contributed by atoms with E-state index in [1.165, 1.54) is 30.3 Å². The van der Waals surface area contributed by atoms with E-state index in [-0.39, 0.29) is 27.3 Å². The zero-order valence-electron chi connectivity index (χ0n) is 16.9. The summed E-state index contributed by atoms with van der Waals surface area (Å²) in [6.07, 6.45) is 0. The molecule has 0 atom stereocenters. The lowest BCUT2D eigenvalue weighted by molar-refractivity contribution is 0.340. The van der Waals surface area contributed by atoms with Crippen molar-refractivity contribution in [2.75, 3.05) is 11.9 Å². The summed E-state index contributed by atoms with van der Waals surface area (Å²) in [7, 11) is -4.06. The van der Waals surface area contributed by atoms with E-state index in [0.29, 0.717) is 18.0 Å². The number of oxazole rings is 1. The maximum Gasteiger partial charge on any atom is 0.238 e. The highest BCUT2D eigenvalue weighted by Crippen LogP contribution is 2.35. The molecule has 0 bridgehead atoms. The fourth-order valence-electron chi connectivity index (χ4n) is 2.97. The monoisotopic (exact) mass is 516 g/mol. The third kappa shape index (κ3) is 4.53. The molecule has 3 aromatic carbocycles. The van der Waals surface area contributed by atoms with Crippen LogP contribution in [0.1, 0.15) is 6.92 Å². The van der Waals surface area contributed by atoms with Crippen molar-refractivity contribution in [3.05, 3.63) is 83.1 Å². The van der Waals surface area contributed by atoms with Crippen LogP contribution in [0.4, 0.5) is 16.0 Å². The van der Waals surface area contributed by atoms with Crippen LogP contribution in [0.5, 0.6) is 5.75 Å². The predicted octanol–water partition coefficient (Wildman–Crippen LogP) is 6.22. The van der Waals surface area contributed by atoms with Gasteiger partial charge in [0.15, 0.2) is 0 Å². The number of sulfone groups is 1. The molecule has 4 aromatic rings. The quantitative estimate of drug-likeness (QED) is 0.314.